The van der Waals surface area contributed by atoms with Gasteiger partial charge in [0, 0.05) is 0 Å². The Kier molecular flexibility index (Phi) is 21.0. The topological polar surface area (TPSA) is 0 Å². The van der Waals surface area contributed by atoms with Gasteiger partial charge in [-0.3, -0.25) is 0 Å². The molecule has 1 aliphatic rings. The van der Waals surface area contributed by atoms with Crippen LogP contribution in [0.25, 0.3) is 82.8 Å². The predicted molar refractivity (Wildman–Crippen MR) is 374 cm³/mol. The predicted octanol–water partition coefficient (Wildman–Crippen LogP) is 25.2. The van der Waals surface area contributed by atoms with Crippen LogP contribution in [0.2, 0.25) is 0 Å². The number of fused-ring (bicyclic) bond motifs is 2. The van der Waals surface area contributed by atoms with Crippen molar-refractivity contribution in [3.05, 3.63) is 305 Å². The smallest absolute Gasteiger partial charge is 0.0140 e. The first-order chi connectivity index (χ1) is 41.4. The molecule has 0 saturated heterocycles. The lowest BCUT2D eigenvalue weighted by Crippen LogP contribution is -2.09. The van der Waals surface area contributed by atoms with Gasteiger partial charge in [0.05, 0.1) is 0 Å². The van der Waals surface area contributed by atoms with E-state index in [4.69, 9.17) is 0 Å². The molecule has 0 amide bonds. The zero-order valence-electron chi connectivity index (χ0n) is 52.5. The minimum atomic E-state index is 0.523. The summed E-state index contributed by atoms with van der Waals surface area (Å²) in [6.07, 6.45) is 13.0. The van der Waals surface area contributed by atoms with Gasteiger partial charge in [-0.2, -0.15) is 0 Å². The van der Waals surface area contributed by atoms with Crippen molar-refractivity contribution >= 4 is 27.1 Å². The molecule has 428 valence electrons. The molecule has 0 heteroatoms. The number of benzene rings is 11. The fraction of sp³-hybridized carbons (Fsp3) is 0.224. The van der Waals surface area contributed by atoms with Crippen LogP contribution < -0.4 is 0 Å². The molecule has 1 saturated carbocycles. The number of hydrogen-bond donors (Lipinski definition) is 0. The van der Waals surface area contributed by atoms with E-state index in [1.807, 2.05) is 0 Å². The van der Waals surface area contributed by atoms with Gasteiger partial charge < -0.3 is 0 Å². The second-order valence-electron chi connectivity index (χ2n) is 23.6. The molecule has 85 heavy (non-hydrogen) atoms. The number of allylic oxidation sites excluding steroid dienone is 4. The van der Waals surface area contributed by atoms with Gasteiger partial charge in [0.25, 0.3) is 0 Å². The highest BCUT2D eigenvalue weighted by Gasteiger charge is 2.24. The van der Waals surface area contributed by atoms with E-state index in [0.29, 0.717) is 11.8 Å². The summed E-state index contributed by atoms with van der Waals surface area (Å²) in [5.74, 6) is 2.00. The van der Waals surface area contributed by atoms with E-state index in [0.717, 1.165) is 12.3 Å². The molecule has 0 aromatic heterocycles. The van der Waals surface area contributed by atoms with Crippen molar-refractivity contribution in [1.82, 2.24) is 0 Å². The molecule has 0 nitrogen and oxygen atoms in total. The Morgan fingerprint density at radius 2 is 0.835 bits per heavy atom. The third-order valence-corrected chi connectivity index (χ3v) is 17.6. The normalized spacial score (nSPS) is 13.0. The van der Waals surface area contributed by atoms with Gasteiger partial charge in [0.2, 0.25) is 0 Å². The van der Waals surface area contributed by atoms with Gasteiger partial charge in [-0.05, 0) is 244 Å². The molecule has 0 bridgehead atoms. The Hall–Kier alpha value is -8.58. The van der Waals surface area contributed by atoms with E-state index in [-0.39, 0.29) is 0 Å². The van der Waals surface area contributed by atoms with Gasteiger partial charge >= 0.3 is 0 Å². The van der Waals surface area contributed by atoms with Gasteiger partial charge in [-0.15, -0.1) is 0 Å². The van der Waals surface area contributed by atoms with Gasteiger partial charge in [0.1, 0.15) is 0 Å². The molecule has 2 unspecified atom stereocenters. The number of hydrogen-bond acceptors (Lipinski definition) is 0. The molecule has 2 atom stereocenters. The minimum Gasteiger partial charge on any atom is -0.0871 e. The highest BCUT2D eigenvalue weighted by Crippen LogP contribution is 2.44. The molecule has 11 aromatic carbocycles. The summed E-state index contributed by atoms with van der Waals surface area (Å²) < 4.78 is 0. The molecule has 1 fully saturated rings. The minimum absolute atomic E-state index is 0.523. The summed E-state index contributed by atoms with van der Waals surface area (Å²) in [7, 11) is 0. The Labute approximate surface area is 510 Å². The van der Waals surface area contributed by atoms with E-state index in [1.54, 1.807) is 5.56 Å². The maximum atomic E-state index is 2.38. The third kappa shape index (κ3) is 15.0. The second kappa shape index (κ2) is 29.3. The van der Waals surface area contributed by atoms with Crippen LogP contribution in [-0.2, 0) is 0 Å². The summed E-state index contributed by atoms with van der Waals surface area (Å²) >= 11 is 0. The van der Waals surface area contributed by atoms with E-state index >= 15 is 0 Å². The molecule has 0 N–H and O–H groups in total. The van der Waals surface area contributed by atoms with Crippen molar-refractivity contribution in [2.24, 2.45) is 0 Å². The first-order valence-electron chi connectivity index (χ1n) is 31.3. The summed E-state index contributed by atoms with van der Waals surface area (Å²) in [5.41, 5.74) is 26.6. The lowest BCUT2D eigenvalue weighted by molar-refractivity contribution is 0.424. The Bertz CT molecular complexity index is 3870. The Morgan fingerprint density at radius 3 is 1.24 bits per heavy atom. The first-order valence-corrected chi connectivity index (χ1v) is 31.3. The van der Waals surface area contributed by atoms with Crippen molar-refractivity contribution < 1.29 is 0 Å². The van der Waals surface area contributed by atoms with Crippen LogP contribution in [0.5, 0.6) is 0 Å². The zero-order valence-corrected chi connectivity index (χ0v) is 52.5. The van der Waals surface area contributed by atoms with Crippen molar-refractivity contribution in [1.29, 1.82) is 0 Å². The number of aryl methyl sites for hydroxylation is 5. The van der Waals surface area contributed by atoms with Gasteiger partial charge in [0.15, 0.2) is 0 Å². The summed E-state index contributed by atoms with van der Waals surface area (Å²) in [5, 5.41) is 5.69. The molecule has 0 heterocycles. The Balaban J connectivity index is 0.000000142. The van der Waals surface area contributed by atoms with Gasteiger partial charge in [-0.1, -0.05) is 270 Å². The molecule has 0 spiro atoms. The quantitative estimate of drug-likeness (QED) is 0.0845. The summed E-state index contributed by atoms with van der Waals surface area (Å²) in [4.78, 5) is 0. The average Bonchev–Trinajstić information content (AvgIpc) is 3.41. The summed E-state index contributed by atoms with van der Waals surface area (Å²) in [6, 6.07) is 86.0. The number of rotatable bonds is 12. The van der Waals surface area contributed by atoms with Crippen LogP contribution in [0.15, 0.2) is 255 Å². The van der Waals surface area contributed by atoms with Crippen molar-refractivity contribution in [2.45, 2.75) is 126 Å². The van der Waals surface area contributed by atoms with Gasteiger partial charge in [-0.25, -0.2) is 0 Å². The van der Waals surface area contributed by atoms with Crippen LogP contribution >= 0.6 is 0 Å². The first kappa shape index (κ1) is 61.0. The standard InChI is InChI=1S/C29H32.C26H22.C18H16.C12H18/c1-6-12-23(8-3)25-17-18-27(21(4)7-2)29(20-25)28-19-26(16-15-22(28)5)24-13-10-9-11-14-24;1-19-13-15-23(21-9-5-3-6-10-21)17-25(19)26-18-24(16-14-20(26)2)22-11-7-4-8-12-22;1-3-10-16-14(6-1)12-15-7-2-4-11-17(15)18(16)13-8-5-9-13;1-5-11(4)12-7-9(2)6-10(3)8-12/h6,8-21H,7H2,1-5H3;3-18H,1-2H3;1-4,6-7,10-13H,5,8-9H2;6-8,11H,5H2,1-4H3/b12-6-,23-8+;;;. The van der Waals surface area contributed by atoms with Crippen LogP contribution in [0.3, 0.4) is 0 Å². The highest BCUT2D eigenvalue weighted by atomic mass is 14.3. The lowest BCUT2D eigenvalue weighted by Gasteiger charge is -2.28. The molecule has 0 aliphatic heterocycles. The monoisotopic (exact) mass is 1110 g/mol. The maximum absolute atomic E-state index is 2.38. The van der Waals surface area contributed by atoms with Crippen molar-refractivity contribution in [3.63, 3.8) is 0 Å². The van der Waals surface area contributed by atoms with Crippen molar-refractivity contribution in [2.75, 3.05) is 0 Å². The van der Waals surface area contributed by atoms with E-state index in [1.165, 1.54) is 153 Å². The third-order valence-electron chi connectivity index (χ3n) is 17.6. The van der Waals surface area contributed by atoms with Crippen LogP contribution in [0.1, 0.15) is 141 Å². The van der Waals surface area contributed by atoms with E-state index in [9.17, 15) is 0 Å². The fourth-order valence-corrected chi connectivity index (χ4v) is 12.0. The molecule has 12 rings (SSSR count). The molecular formula is C85H88. The van der Waals surface area contributed by atoms with E-state index < -0.39 is 0 Å². The lowest BCUT2D eigenvalue weighted by atomic mass is 9.76. The van der Waals surface area contributed by atoms with Crippen molar-refractivity contribution in [3.8, 4) is 55.6 Å². The maximum Gasteiger partial charge on any atom is -0.0140 e. The Morgan fingerprint density at radius 1 is 0.412 bits per heavy atom. The average molecular weight is 1110 g/mol. The second-order valence-corrected chi connectivity index (χ2v) is 23.6. The van der Waals surface area contributed by atoms with Crippen LogP contribution in [0.4, 0.5) is 0 Å². The van der Waals surface area contributed by atoms with E-state index in [2.05, 4.69) is 331 Å². The van der Waals surface area contributed by atoms with Crippen LogP contribution in [0, 0.1) is 34.6 Å². The molecule has 0 radical (unpaired) electrons. The largest absolute Gasteiger partial charge is 0.0871 e. The summed E-state index contributed by atoms with van der Waals surface area (Å²) in [6.45, 7) is 24.2. The fourth-order valence-electron chi connectivity index (χ4n) is 12.0. The molecular weight excluding hydrogens is 1020 g/mol. The molecule has 11 aromatic rings. The molecule has 1 aliphatic carbocycles. The SMILES string of the molecule is C/C=C\C(=C/C)c1ccc(C(C)CC)c(-c2cc(-c3ccccc3)ccc2C)c1.CCC(C)c1cc(C)cc(C)c1.Cc1ccc(-c2ccccc2)cc1-c1cc(-c2ccccc2)ccc1C.c1ccc2c(C3CCC3)c3ccccc3cc2c1. The van der Waals surface area contributed by atoms with Crippen LogP contribution in [-0.4, -0.2) is 0 Å². The zero-order chi connectivity index (χ0) is 59.8. The highest BCUT2D eigenvalue weighted by molar-refractivity contribution is 6.03.